The van der Waals surface area contributed by atoms with Gasteiger partial charge in [0.1, 0.15) is 11.3 Å². The number of hydrogen-bond acceptors (Lipinski definition) is 6. The van der Waals surface area contributed by atoms with E-state index < -0.39 is 5.97 Å². The molecule has 1 fully saturated rings. The van der Waals surface area contributed by atoms with Crippen LogP contribution in [0.2, 0.25) is 0 Å². The lowest BCUT2D eigenvalue weighted by molar-refractivity contribution is 0.0375. The maximum absolute atomic E-state index is 13.4. The maximum Gasteiger partial charge on any atom is 0.344 e. The molecule has 1 aromatic carbocycles. The smallest absolute Gasteiger partial charge is 0.344 e. The first-order valence-corrected chi connectivity index (χ1v) is 12.0. The van der Waals surface area contributed by atoms with Gasteiger partial charge in [-0.3, -0.25) is 4.79 Å². The Labute approximate surface area is 192 Å². The van der Waals surface area contributed by atoms with Gasteiger partial charge in [-0.25, -0.2) is 4.79 Å². The van der Waals surface area contributed by atoms with Crippen molar-refractivity contribution in [3.8, 4) is 17.0 Å². The van der Waals surface area contributed by atoms with Crippen molar-refractivity contribution in [2.24, 2.45) is 0 Å². The monoisotopic (exact) mass is 455 g/mol. The van der Waals surface area contributed by atoms with Crippen molar-refractivity contribution in [3.05, 3.63) is 51.8 Å². The number of nitrogens with zero attached hydrogens (tertiary/aromatic N) is 1. The van der Waals surface area contributed by atoms with Crippen LogP contribution in [0, 0.1) is 0 Å². The fraction of sp³-hybridized carbons (Fsp3) is 0.440. The van der Waals surface area contributed by atoms with Gasteiger partial charge in [0, 0.05) is 48.0 Å². The Balaban J connectivity index is 1.79. The third-order valence-electron chi connectivity index (χ3n) is 5.51. The molecule has 2 heterocycles. The van der Waals surface area contributed by atoms with Crippen LogP contribution in [0.4, 0.5) is 0 Å². The summed E-state index contributed by atoms with van der Waals surface area (Å²) in [7, 11) is 1.68. The first-order valence-electron chi connectivity index (χ1n) is 11.0. The molecule has 6 nitrogen and oxygen atoms in total. The molecule has 1 aliphatic heterocycles. The minimum Gasteiger partial charge on any atom is -0.493 e. The zero-order valence-corrected chi connectivity index (χ0v) is 19.6. The van der Waals surface area contributed by atoms with Gasteiger partial charge in [-0.15, -0.1) is 11.8 Å². The zero-order chi connectivity index (χ0) is 22.8. The van der Waals surface area contributed by atoms with Crippen LogP contribution in [0.5, 0.6) is 5.75 Å². The Bertz CT molecular complexity index is 1100. The van der Waals surface area contributed by atoms with Crippen LogP contribution in [0.25, 0.3) is 17.3 Å². The minimum atomic E-state index is -0.551. The Morgan fingerprint density at radius 3 is 2.72 bits per heavy atom. The summed E-state index contributed by atoms with van der Waals surface area (Å²) in [4.78, 5) is 27.1. The Morgan fingerprint density at radius 1 is 1.28 bits per heavy atom. The third kappa shape index (κ3) is 4.50. The molecule has 2 aromatic rings. The maximum atomic E-state index is 13.4. The Morgan fingerprint density at radius 2 is 2.06 bits per heavy atom. The number of esters is 1. The van der Waals surface area contributed by atoms with Crippen molar-refractivity contribution in [2.45, 2.75) is 55.9 Å². The van der Waals surface area contributed by atoms with Crippen molar-refractivity contribution in [2.75, 3.05) is 20.3 Å². The second kappa shape index (κ2) is 9.55. The first kappa shape index (κ1) is 22.7. The highest BCUT2D eigenvalue weighted by Crippen LogP contribution is 2.47. The lowest BCUT2D eigenvalue weighted by Gasteiger charge is -2.26. The van der Waals surface area contributed by atoms with Crippen LogP contribution >= 0.6 is 11.8 Å². The molecule has 0 N–H and O–H groups in total. The van der Waals surface area contributed by atoms with E-state index in [1.807, 2.05) is 16.7 Å². The number of thioether (sulfide) groups is 1. The summed E-state index contributed by atoms with van der Waals surface area (Å²) in [5.41, 5.74) is 3.61. The molecule has 0 unspecified atom stereocenters. The number of rotatable bonds is 9. The summed E-state index contributed by atoms with van der Waals surface area (Å²) in [5, 5.41) is 0. The largest absolute Gasteiger partial charge is 0.493 e. The van der Waals surface area contributed by atoms with Crippen molar-refractivity contribution in [3.63, 3.8) is 0 Å². The van der Waals surface area contributed by atoms with E-state index in [4.69, 9.17) is 14.2 Å². The Kier molecular flexibility index (Phi) is 6.76. The molecule has 0 radical (unpaired) electrons. The van der Waals surface area contributed by atoms with E-state index in [2.05, 4.69) is 6.58 Å². The predicted octanol–water partition coefficient (Wildman–Crippen LogP) is 5.08. The molecule has 32 heavy (non-hydrogen) atoms. The lowest BCUT2D eigenvalue weighted by atomic mass is 10.00. The van der Waals surface area contributed by atoms with Gasteiger partial charge in [0.05, 0.1) is 18.4 Å². The van der Waals surface area contributed by atoms with Crippen LogP contribution < -0.4 is 10.3 Å². The highest BCUT2D eigenvalue weighted by atomic mass is 32.2. The number of aromatic nitrogens is 1. The molecular formula is C25H29NO5S. The number of fused-ring (bicyclic) bond motifs is 3. The molecular weight excluding hydrogens is 426 g/mol. The number of methoxy groups -OCH3 is 1. The van der Waals surface area contributed by atoms with E-state index in [-0.39, 0.29) is 23.3 Å². The van der Waals surface area contributed by atoms with Gasteiger partial charge < -0.3 is 18.8 Å². The molecule has 0 spiro atoms. The summed E-state index contributed by atoms with van der Waals surface area (Å²) >= 11 is 1.68. The van der Waals surface area contributed by atoms with E-state index in [0.717, 1.165) is 52.3 Å². The highest BCUT2D eigenvalue weighted by molar-refractivity contribution is 7.98. The SMILES string of the molecule is C=Cc1cc2c(cc1OCCCOC)SCc1cc(C(=O)OC(C)C)c(=O)n(C3CC3)c1-2. The first-order chi connectivity index (χ1) is 15.4. The summed E-state index contributed by atoms with van der Waals surface area (Å²) < 4.78 is 18.2. The molecule has 7 heteroatoms. The zero-order valence-electron chi connectivity index (χ0n) is 18.8. The molecule has 0 bridgehead atoms. The molecule has 170 valence electrons. The lowest BCUT2D eigenvalue weighted by Crippen LogP contribution is -2.30. The van der Waals surface area contributed by atoms with Gasteiger partial charge in [-0.2, -0.15) is 0 Å². The second-order valence-electron chi connectivity index (χ2n) is 8.37. The number of carbonyl (C=O) groups is 1. The van der Waals surface area contributed by atoms with Crippen molar-refractivity contribution in [1.82, 2.24) is 4.57 Å². The summed E-state index contributed by atoms with van der Waals surface area (Å²) in [6.07, 6.45) is 4.17. The molecule has 2 aliphatic rings. The fourth-order valence-corrected chi connectivity index (χ4v) is 4.95. The van der Waals surface area contributed by atoms with Crippen LogP contribution in [0.15, 0.2) is 34.5 Å². The standard InChI is InChI=1S/C25H29NO5S/c1-5-16-11-19-22(13-21(16)30-10-6-9-29-4)32-14-17-12-20(25(28)31-15(2)3)24(27)26(23(17)19)18-7-8-18/h5,11-13,15,18H,1,6-10,14H2,2-4H3. The van der Waals surface area contributed by atoms with Crippen LogP contribution in [-0.2, 0) is 15.2 Å². The van der Waals surface area contributed by atoms with Gasteiger partial charge in [0.25, 0.3) is 5.56 Å². The summed E-state index contributed by atoms with van der Waals surface area (Å²) in [5.74, 6) is 0.904. The molecule has 1 aromatic heterocycles. The number of pyridine rings is 1. The average molecular weight is 456 g/mol. The van der Waals surface area contributed by atoms with E-state index in [1.165, 1.54) is 0 Å². The fourth-order valence-electron chi connectivity index (χ4n) is 3.92. The number of ether oxygens (including phenoxy) is 3. The van der Waals surface area contributed by atoms with Crippen LogP contribution in [0.3, 0.4) is 0 Å². The quantitative estimate of drug-likeness (QED) is 0.388. The Hall–Kier alpha value is -2.51. The van der Waals surface area contributed by atoms with E-state index in [9.17, 15) is 9.59 Å². The summed E-state index contributed by atoms with van der Waals surface area (Å²) in [6, 6.07) is 5.93. The molecule has 0 amide bonds. The highest BCUT2D eigenvalue weighted by Gasteiger charge is 2.34. The van der Waals surface area contributed by atoms with E-state index >= 15 is 0 Å². The van der Waals surface area contributed by atoms with E-state index in [0.29, 0.717) is 19.0 Å². The topological polar surface area (TPSA) is 66.8 Å². The van der Waals surface area contributed by atoms with Crippen LogP contribution in [0.1, 0.15) is 60.6 Å². The van der Waals surface area contributed by atoms with Gasteiger partial charge in [-0.05, 0) is 50.5 Å². The van der Waals surface area contributed by atoms with Gasteiger partial charge in [0.2, 0.25) is 0 Å². The molecule has 4 rings (SSSR count). The van der Waals surface area contributed by atoms with E-state index in [1.54, 1.807) is 44.9 Å². The molecule has 0 atom stereocenters. The summed E-state index contributed by atoms with van der Waals surface area (Å²) in [6.45, 7) is 8.73. The minimum absolute atomic E-state index is 0.121. The third-order valence-corrected chi connectivity index (χ3v) is 6.61. The molecule has 1 aliphatic carbocycles. The van der Waals surface area contributed by atoms with Gasteiger partial charge >= 0.3 is 5.97 Å². The second-order valence-corrected chi connectivity index (χ2v) is 9.38. The number of hydrogen-bond donors (Lipinski definition) is 0. The number of carbonyl (C=O) groups excluding carboxylic acids is 1. The van der Waals surface area contributed by atoms with Crippen molar-refractivity contribution in [1.29, 1.82) is 0 Å². The normalized spacial score (nSPS) is 14.6. The van der Waals surface area contributed by atoms with Gasteiger partial charge in [0.15, 0.2) is 0 Å². The average Bonchev–Trinajstić information content (AvgIpc) is 3.60. The molecule has 1 saturated carbocycles. The van der Waals surface area contributed by atoms with Crippen LogP contribution in [-0.4, -0.2) is 37.0 Å². The van der Waals surface area contributed by atoms with Crippen molar-refractivity contribution < 1.29 is 19.0 Å². The number of benzene rings is 1. The van der Waals surface area contributed by atoms with Crippen molar-refractivity contribution >= 4 is 23.8 Å². The van der Waals surface area contributed by atoms with Gasteiger partial charge in [-0.1, -0.05) is 12.7 Å². The molecule has 0 saturated heterocycles. The predicted molar refractivity (Wildman–Crippen MR) is 127 cm³/mol.